The summed E-state index contributed by atoms with van der Waals surface area (Å²) in [5, 5.41) is 2.94. The smallest absolute Gasteiger partial charge is 0.236 e. The van der Waals surface area contributed by atoms with E-state index < -0.39 is 6.04 Å². The van der Waals surface area contributed by atoms with E-state index >= 15 is 0 Å². The molecule has 0 fully saturated rings. The number of carbonyl (C=O) groups excluding carboxylic acids is 1. The first-order chi connectivity index (χ1) is 10.2. The predicted molar refractivity (Wildman–Crippen MR) is 88.2 cm³/mol. The van der Waals surface area contributed by atoms with Gasteiger partial charge in [-0.2, -0.15) is 0 Å². The normalized spacial score (nSPS) is 12.4. The van der Waals surface area contributed by atoms with Gasteiger partial charge in [-0.05, 0) is 37.9 Å². The molecule has 1 amide bonds. The Hall–Kier alpha value is -1.39. The Morgan fingerprint density at radius 2 is 1.95 bits per heavy atom. The average molecular weight is 291 g/mol. The molecule has 0 aliphatic rings. The number of likely N-dealkylation sites (N-methyl/N-ethyl adjacent to an activating group) is 1. The molecule has 0 aliphatic heterocycles. The van der Waals surface area contributed by atoms with Crippen molar-refractivity contribution < 1.29 is 4.79 Å². The lowest BCUT2D eigenvalue weighted by atomic mass is 10.1. The molecule has 1 aromatic rings. The van der Waals surface area contributed by atoms with Gasteiger partial charge in [-0.25, -0.2) is 0 Å². The van der Waals surface area contributed by atoms with Crippen LogP contribution in [0.25, 0.3) is 0 Å². The van der Waals surface area contributed by atoms with Gasteiger partial charge >= 0.3 is 0 Å². The fourth-order valence-electron chi connectivity index (χ4n) is 2.31. The number of hydrogen-bond donors (Lipinski definition) is 2. The number of nitrogens with one attached hydrogen (secondary N) is 1. The zero-order valence-electron chi connectivity index (χ0n) is 13.3. The molecule has 0 aromatic heterocycles. The van der Waals surface area contributed by atoms with Gasteiger partial charge in [0.25, 0.3) is 0 Å². The van der Waals surface area contributed by atoms with E-state index in [2.05, 4.69) is 36.2 Å². The van der Waals surface area contributed by atoms with Gasteiger partial charge < -0.3 is 16.0 Å². The molecule has 1 atom stereocenters. The molecule has 1 rings (SSSR count). The highest BCUT2D eigenvalue weighted by Crippen LogP contribution is 2.04. The van der Waals surface area contributed by atoms with Gasteiger partial charge in [0, 0.05) is 13.1 Å². The first-order valence-corrected chi connectivity index (χ1v) is 7.97. The van der Waals surface area contributed by atoms with Crippen LogP contribution < -0.4 is 11.1 Å². The summed E-state index contributed by atoms with van der Waals surface area (Å²) >= 11 is 0. The Morgan fingerprint density at radius 1 is 1.24 bits per heavy atom. The summed E-state index contributed by atoms with van der Waals surface area (Å²) in [4.78, 5) is 14.3. The average Bonchev–Trinajstić information content (AvgIpc) is 2.52. The van der Waals surface area contributed by atoms with E-state index in [1.807, 2.05) is 18.2 Å². The number of amides is 1. The fourth-order valence-corrected chi connectivity index (χ4v) is 2.31. The lowest BCUT2D eigenvalue weighted by molar-refractivity contribution is -0.122. The highest BCUT2D eigenvalue weighted by Gasteiger charge is 2.13. The van der Waals surface area contributed by atoms with E-state index in [0.717, 1.165) is 32.5 Å². The van der Waals surface area contributed by atoms with Crippen LogP contribution in [0.2, 0.25) is 0 Å². The van der Waals surface area contributed by atoms with Crippen molar-refractivity contribution in [1.82, 2.24) is 10.2 Å². The van der Waals surface area contributed by atoms with Crippen molar-refractivity contribution in [2.75, 3.05) is 26.2 Å². The second kappa shape index (κ2) is 10.4. The molecule has 21 heavy (non-hydrogen) atoms. The van der Waals surface area contributed by atoms with Crippen molar-refractivity contribution in [1.29, 1.82) is 0 Å². The third-order valence-electron chi connectivity index (χ3n) is 3.64. The molecular weight excluding hydrogens is 262 g/mol. The summed E-state index contributed by atoms with van der Waals surface area (Å²) in [6.07, 6.45) is 2.66. The predicted octanol–water partition coefficient (Wildman–Crippen LogP) is 1.79. The number of carbonyl (C=O) groups is 1. The van der Waals surface area contributed by atoms with Crippen LogP contribution in [0, 0.1) is 0 Å². The molecule has 1 aromatic carbocycles. The summed E-state index contributed by atoms with van der Waals surface area (Å²) in [5.74, 6) is -0.0431. The van der Waals surface area contributed by atoms with Crippen LogP contribution in [0.5, 0.6) is 0 Å². The van der Waals surface area contributed by atoms with E-state index in [4.69, 9.17) is 5.73 Å². The van der Waals surface area contributed by atoms with E-state index in [1.165, 1.54) is 5.56 Å². The van der Waals surface area contributed by atoms with Crippen LogP contribution in [0.3, 0.4) is 0 Å². The third kappa shape index (κ3) is 7.25. The van der Waals surface area contributed by atoms with Gasteiger partial charge in [-0.3, -0.25) is 4.79 Å². The highest BCUT2D eigenvalue weighted by atomic mass is 16.2. The molecule has 0 saturated carbocycles. The standard InChI is InChI=1S/C17H29N3O/c1-3-13-20(4-2)14-12-19-17(21)16(18)11-10-15-8-6-5-7-9-15/h5-9,16H,3-4,10-14,18H2,1-2H3,(H,19,21). The van der Waals surface area contributed by atoms with Gasteiger partial charge in [0.2, 0.25) is 5.91 Å². The van der Waals surface area contributed by atoms with Crippen LogP contribution in [0.15, 0.2) is 30.3 Å². The highest BCUT2D eigenvalue weighted by molar-refractivity contribution is 5.81. The molecule has 1 unspecified atom stereocenters. The van der Waals surface area contributed by atoms with Crippen LogP contribution in [0.4, 0.5) is 0 Å². The maximum Gasteiger partial charge on any atom is 0.236 e. The summed E-state index contributed by atoms with van der Waals surface area (Å²) in [6, 6.07) is 9.71. The summed E-state index contributed by atoms with van der Waals surface area (Å²) in [5.41, 5.74) is 7.17. The van der Waals surface area contributed by atoms with Crippen LogP contribution in [0.1, 0.15) is 32.3 Å². The Balaban J connectivity index is 2.22. The van der Waals surface area contributed by atoms with Crippen molar-refractivity contribution in [2.45, 2.75) is 39.2 Å². The Bertz CT molecular complexity index is 394. The number of nitrogens with two attached hydrogens (primary N) is 1. The zero-order chi connectivity index (χ0) is 15.5. The molecule has 0 heterocycles. The first kappa shape index (κ1) is 17.7. The number of hydrogen-bond acceptors (Lipinski definition) is 3. The van der Waals surface area contributed by atoms with Crippen molar-refractivity contribution in [3.63, 3.8) is 0 Å². The van der Waals surface area contributed by atoms with Crippen molar-refractivity contribution in [2.24, 2.45) is 5.73 Å². The molecular formula is C17H29N3O. The van der Waals surface area contributed by atoms with E-state index in [-0.39, 0.29) is 5.91 Å². The Labute approximate surface area is 128 Å². The van der Waals surface area contributed by atoms with Crippen molar-refractivity contribution >= 4 is 5.91 Å². The summed E-state index contributed by atoms with van der Waals surface area (Å²) < 4.78 is 0. The Morgan fingerprint density at radius 3 is 2.57 bits per heavy atom. The minimum absolute atomic E-state index is 0.0431. The molecule has 118 valence electrons. The second-order valence-electron chi connectivity index (χ2n) is 5.36. The number of nitrogens with zero attached hydrogens (tertiary/aromatic N) is 1. The van der Waals surface area contributed by atoms with Gasteiger partial charge in [-0.1, -0.05) is 44.2 Å². The van der Waals surface area contributed by atoms with Gasteiger partial charge in [0.1, 0.15) is 0 Å². The lowest BCUT2D eigenvalue weighted by Crippen LogP contribution is -2.43. The quantitative estimate of drug-likeness (QED) is 0.691. The molecule has 3 N–H and O–H groups in total. The van der Waals surface area contributed by atoms with E-state index in [0.29, 0.717) is 13.0 Å². The number of rotatable bonds is 10. The topological polar surface area (TPSA) is 58.4 Å². The summed E-state index contributed by atoms with van der Waals surface area (Å²) in [6.45, 7) is 7.97. The number of benzene rings is 1. The lowest BCUT2D eigenvalue weighted by Gasteiger charge is -2.20. The van der Waals surface area contributed by atoms with E-state index in [9.17, 15) is 4.79 Å². The molecule has 0 spiro atoms. The maximum atomic E-state index is 11.9. The molecule has 0 saturated heterocycles. The van der Waals surface area contributed by atoms with Gasteiger partial charge in [0.05, 0.1) is 6.04 Å². The zero-order valence-corrected chi connectivity index (χ0v) is 13.3. The van der Waals surface area contributed by atoms with Crippen LogP contribution in [-0.4, -0.2) is 43.0 Å². The van der Waals surface area contributed by atoms with Crippen LogP contribution in [-0.2, 0) is 11.2 Å². The molecule has 0 bridgehead atoms. The minimum Gasteiger partial charge on any atom is -0.353 e. The molecule has 4 nitrogen and oxygen atoms in total. The minimum atomic E-state index is -0.425. The largest absolute Gasteiger partial charge is 0.353 e. The molecule has 4 heteroatoms. The third-order valence-corrected chi connectivity index (χ3v) is 3.64. The molecule has 0 aliphatic carbocycles. The molecule has 0 radical (unpaired) electrons. The van der Waals surface area contributed by atoms with Crippen molar-refractivity contribution in [3.05, 3.63) is 35.9 Å². The van der Waals surface area contributed by atoms with Gasteiger partial charge in [0.15, 0.2) is 0 Å². The monoisotopic (exact) mass is 291 g/mol. The summed E-state index contributed by atoms with van der Waals surface area (Å²) in [7, 11) is 0. The fraction of sp³-hybridized carbons (Fsp3) is 0.588. The number of aryl methyl sites for hydroxylation is 1. The van der Waals surface area contributed by atoms with Crippen molar-refractivity contribution in [3.8, 4) is 0 Å². The van der Waals surface area contributed by atoms with Crippen LogP contribution >= 0.6 is 0 Å². The SMILES string of the molecule is CCCN(CC)CCNC(=O)C(N)CCc1ccccc1. The Kier molecular flexibility index (Phi) is 8.71. The second-order valence-corrected chi connectivity index (χ2v) is 5.36. The van der Waals surface area contributed by atoms with Gasteiger partial charge in [-0.15, -0.1) is 0 Å². The maximum absolute atomic E-state index is 11.9. The first-order valence-electron chi connectivity index (χ1n) is 7.97. The van der Waals surface area contributed by atoms with E-state index in [1.54, 1.807) is 0 Å².